The zero-order chi connectivity index (χ0) is 8.10. The molecule has 0 aromatic rings. The van der Waals surface area contributed by atoms with Crippen LogP contribution in [0.5, 0.6) is 0 Å². The van der Waals surface area contributed by atoms with E-state index < -0.39 is 0 Å². The van der Waals surface area contributed by atoms with Crippen LogP contribution in [0.3, 0.4) is 0 Å². The van der Waals surface area contributed by atoms with Gasteiger partial charge in [0.05, 0.1) is 6.26 Å². The Morgan fingerprint density at radius 2 is 2.18 bits per heavy atom. The molecule has 0 spiro atoms. The van der Waals surface area contributed by atoms with E-state index in [4.69, 9.17) is 4.74 Å². The van der Waals surface area contributed by atoms with E-state index in [1.54, 1.807) is 0 Å². The topological polar surface area (TPSA) is 21.3 Å². The first-order chi connectivity index (χ1) is 5.36. The first kappa shape index (κ1) is 8.34. The van der Waals surface area contributed by atoms with Gasteiger partial charge in [-0.1, -0.05) is 12.7 Å². The molecule has 1 N–H and O–H groups in total. The lowest BCUT2D eigenvalue weighted by Crippen LogP contribution is -2.39. The molecule has 1 rings (SSSR count). The van der Waals surface area contributed by atoms with Crippen molar-refractivity contribution in [2.24, 2.45) is 5.92 Å². The molecule has 2 atom stereocenters. The molecule has 1 aliphatic heterocycles. The summed E-state index contributed by atoms with van der Waals surface area (Å²) in [5.41, 5.74) is 0. The van der Waals surface area contributed by atoms with Crippen molar-refractivity contribution >= 4 is 0 Å². The van der Waals surface area contributed by atoms with Gasteiger partial charge in [-0.2, -0.15) is 0 Å². The number of hydrogen-bond donors (Lipinski definition) is 1. The zero-order valence-corrected chi connectivity index (χ0v) is 6.75. The van der Waals surface area contributed by atoms with E-state index in [9.17, 15) is 0 Å². The van der Waals surface area contributed by atoms with Crippen LogP contribution in [0.25, 0.3) is 0 Å². The molecule has 2 nitrogen and oxygen atoms in total. The minimum absolute atomic E-state index is 0.282. The molecule has 1 saturated heterocycles. The first-order valence-corrected chi connectivity index (χ1v) is 3.96. The van der Waals surface area contributed by atoms with Gasteiger partial charge in [0.2, 0.25) is 0 Å². The fourth-order valence-corrected chi connectivity index (χ4v) is 1.35. The minimum atomic E-state index is 0.282. The molecule has 0 amide bonds. The van der Waals surface area contributed by atoms with Crippen molar-refractivity contribution in [3.63, 3.8) is 0 Å². The predicted octanol–water partition coefficient (Wildman–Crippen LogP) is 1.31. The molecule has 0 radical (unpaired) electrons. The van der Waals surface area contributed by atoms with Crippen LogP contribution in [-0.2, 0) is 4.74 Å². The molecule has 0 aromatic heterocycles. The van der Waals surface area contributed by atoms with Crippen LogP contribution in [0.1, 0.15) is 6.42 Å². The fourth-order valence-electron chi connectivity index (χ4n) is 1.35. The maximum absolute atomic E-state index is 5.27. The lowest BCUT2D eigenvalue weighted by Gasteiger charge is -2.27. The summed E-state index contributed by atoms with van der Waals surface area (Å²) in [4.78, 5) is 0. The fraction of sp³-hybridized carbons (Fsp3) is 0.556. The van der Waals surface area contributed by atoms with Crippen LogP contribution in [-0.4, -0.2) is 19.2 Å². The van der Waals surface area contributed by atoms with Gasteiger partial charge in [-0.3, -0.25) is 0 Å². The van der Waals surface area contributed by atoms with Crippen LogP contribution in [0.15, 0.2) is 25.5 Å². The lowest BCUT2D eigenvalue weighted by molar-refractivity contribution is 0.104. The van der Waals surface area contributed by atoms with Gasteiger partial charge in [0, 0.05) is 13.1 Å². The molecular weight excluding hydrogens is 138 g/mol. The molecule has 2 unspecified atom stereocenters. The van der Waals surface area contributed by atoms with Crippen molar-refractivity contribution in [1.29, 1.82) is 0 Å². The molecule has 0 aliphatic carbocycles. The third-order valence-corrected chi connectivity index (χ3v) is 1.97. The van der Waals surface area contributed by atoms with E-state index in [1.807, 2.05) is 6.08 Å². The average molecular weight is 153 g/mol. The standard InChI is InChI=1S/C9H15NO/c1-3-8-5-9(11-4-2)7-10-6-8/h3-4,8-10H,1-2,5-7H2. The molecule has 0 bridgehead atoms. The van der Waals surface area contributed by atoms with Gasteiger partial charge in [-0.15, -0.1) is 6.58 Å². The zero-order valence-electron chi connectivity index (χ0n) is 6.75. The van der Waals surface area contributed by atoms with E-state index in [2.05, 4.69) is 18.5 Å². The summed E-state index contributed by atoms with van der Waals surface area (Å²) in [7, 11) is 0. The Labute approximate surface area is 67.9 Å². The minimum Gasteiger partial charge on any atom is -0.497 e. The summed E-state index contributed by atoms with van der Waals surface area (Å²) >= 11 is 0. The molecule has 2 heteroatoms. The smallest absolute Gasteiger partial charge is 0.111 e. The summed E-state index contributed by atoms with van der Waals surface area (Å²) in [5.74, 6) is 0.550. The number of hydrogen-bond acceptors (Lipinski definition) is 2. The maximum atomic E-state index is 5.27. The average Bonchev–Trinajstić information content (AvgIpc) is 2.06. The van der Waals surface area contributed by atoms with Gasteiger partial charge < -0.3 is 10.1 Å². The highest BCUT2D eigenvalue weighted by Crippen LogP contribution is 2.13. The van der Waals surface area contributed by atoms with E-state index in [1.165, 1.54) is 6.26 Å². The number of rotatable bonds is 3. The normalized spacial score (nSPS) is 30.9. The molecule has 0 aromatic carbocycles. The first-order valence-electron chi connectivity index (χ1n) is 3.96. The van der Waals surface area contributed by atoms with Crippen LogP contribution in [0.2, 0.25) is 0 Å². The van der Waals surface area contributed by atoms with Crippen LogP contribution in [0.4, 0.5) is 0 Å². The molecule has 1 aliphatic rings. The SMILES string of the molecule is C=COC1CNCC(C=C)C1. The van der Waals surface area contributed by atoms with Crippen LogP contribution in [0, 0.1) is 5.92 Å². The van der Waals surface area contributed by atoms with E-state index in [0.717, 1.165) is 19.5 Å². The Bertz CT molecular complexity index is 144. The van der Waals surface area contributed by atoms with Gasteiger partial charge in [-0.05, 0) is 12.3 Å². The van der Waals surface area contributed by atoms with Gasteiger partial charge >= 0.3 is 0 Å². The summed E-state index contributed by atoms with van der Waals surface area (Å²) in [5, 5.41) is 3.28. The van der Waals surface area contributed by atoms with Crippen molar-refractivity contribution in [2.75, 3.05) is 13.1 Å². The Kier molecular flexibility index (Phi) is 3.17. The number of nitrogens with one attached hydrogen (secondary N) is 1. The second kappa shape index (κ2) is 4.19. The molecule has 11 heavy (non-hydrogen) atoms. The maximum Gasteiger partial charge on any atom is 0.111 e. The quantitative estimate of drug-likeness (QED) is 0.487. The van der Waals surface area contributed by atoms with Crippen LogP contribution >= 0.6 is 0 Å². The highest BCUT2D eigenvalue weighted by atomic mass is 16.5. The third-order valence-electron chi connectivity index (χ3n) is 1.97. The lowest BCUT2D eigenvalue weighted by atomic mass is 9.98. The molecule has 1 heterocycles. The van der Waals surface area contributed by atoms with Gasteiger partial charge in [0.25, 0.3) is 0 Å². The Balaban J connectivity index is 2.32. The van der Waals surface area contributed by atoms with E-state index in [-0.39, 0.29) is 6.10 Å². The van der Waals surface area contributed by atoms with Crippen molar-refractivity contribution in [2.45, 2.75) is 12.5 Å². The van der Waals surface area contributed by atoms with Gasteiger partial charge in [-0.25, -0.2) is 0 Å². The Hall–Kier alpha value is -0.760. The Morgan fingerprint density at radius 1 is 1.36 bits per heavy atom. The second-order valence-electron chi connectivity index (χ2n) is 2.81. The third kappa shape index (κ3) is 2.39. The highest BCUT2D eigenvalue weighted by Gasteiger charge is 2.19. The molecule has 1 fully saturated rings. The van der Waals surface area contributed by atoms with Gasteiger partial charge in [0.15, 0.2) is 0 Å². The summed E-state index contributed by atoms with van der Waals surface area (Å²) in [6.07, 6.45) is 4.83. The molecule has 62 valence electrons. The van der Waals surface area contributed by atoms with E-state index in [0.29, 0.717) is 5.92 Å². The second-order valence-corrected chi connectivity index (χ2v) is 2.81. The monoisotopic (exact) mass is 153 g/mol. The predicted molar refractivity (Wildman–Crippen MR) is 46.2 cm³/mol. The Morgan fingerprint density at radius 3 is 2.82 bits per heavy atom. The summed E-state index contributed by atoms with van der Waals surface area (Å²) in [6, 6.07) is 0. The van der Waals surface area contributed by atoms with Crippen molar-refractivity contribution in [3.8, 4) is 0 Å². The van der Waals surface area contributed by atoms with Crippen LogP contribution < -0.4 is 5.32 Å². The number of ether oxygens (including phenoxy) is 1. The highest BCUT2D eigenvalue weighted by molar-refractivity contribution is 4.88. The summed E-state index contributed by atoms with van der Waals surface area (Å²) in [6.45, 7) is 9.24. The van der Waals surface area contributed by atoms with Crippen molar-refractivity contribution in [1.82, 2.24) is 5.32 Å². The molecular formula is C9H15NO. The number of piperidine rings is 1. The van der Waals surface area contributed by atoms with E-state index >= 15 is 0 Å². The van der Waals surface area contributed by atoms with Crippen molar-refractivity contribution in [3.05, 3.63) is 25.5 Å². The largest absolute Gasteiger partial charge is 0.497 e. The van der Waals surface area contributed by atoms with Gasteiger partial charge in [0.1, 0.15) is 6.10 Å². The summed E-state index contributed by atoms with van der Waals surface area (Å²) < 4.78 is 5.27. The molecule has 0 saturated carbocycles. The van der Waals surface area contributed by atoms with Crippen molar-refractivity contribution < 1.29 is 4.74 Å².